The minimum absolute atomic E-state index is 0.411. The van der Waals surface area contributed by atoms with Gasteiger partial charge in [-0.2, -0.15) is 0 Å². The SMILES string of the molecule is O=C(O)CC(C1=COCCC1)C(F)F. The van der Waals surface area contributed by atoms with Crippen LogP contribution in [0.1, 0.15) is 19.3 Å². The van der Waals surface area contributed by atoms with Crippen molar-refractivity contribution in [2.75, 3.05) is 6.61 Å². The third kappa shape index (κ3) is 2.97. The zero-order valence-corrected chi connectivity index (χ0v) is 7.58. The fourth-order valence-corrected chi connectivity index (χ4v) is 1.43. The van der Waals surface area contributed by atoms with Crippen LogP contribution in [0.4, 0.5) is 8.78 Å². The standard InChI is InChI=1S/C9H12F2O3/c10-9(11)7(4-8(12)13)6-2-1-3-14-5-6/h5,7,9H,1-4H2,(H,12,13). The molecule has 0 saturated heterocycles. The van der Waals surface area contributed by atoms with Crippen molar-refractivity contribution in [2.24, 2.45) is 5.92 Å². The topological polar surface area (TPSA) is 46.5 Å². The predicted molar refractivity (Wildman–Crippen MR) is 45.0 cm³/mol. The average Bonchev–Trinajstić information content (AvgIpc) is 2.15. The molecule has 0 amide bonds. The van der Waals surface area contributed by atoms with Crippen LogP contribution in [0.25, 0.3) is 0 Å². The summed E-state index contributed by atoms with van der Waals surface area (Å²) < 4.78 is 29.9. The number of rotatable bonds is 4. The third-order valence-electron chi connectivity index (χ3n) is 2.14. The second-order valence-corrected chi connectivity index (χ2v) is 3.21. The van der Waals surface area contributed by atoms with Gasteiger partial charge >= 0.3 is 5.97 Å². The molecular weight excluding hydrogens is 194 g/mol. The van der Waals surface area contributed by atoms with Gasteiger partial charge in [0.2, 0.25) is 6.43 Å². The first-order valence-electron chi connectivity index (χ1n) is 4.41. The molecule has 0 fully saturated rings. The van der Waals surface area contributed by atoms with E-state index in [4.69, 9.17) is 9.84 Å². The first-order valence-corrected chi connectivity index (χ1v) is 4.41. The van der Waals surface area contributed by atoms with Crippen molar-refractivity contribution in [1.82, 2.24) is 0 Å². The second kappa shape index (κ2) is 4.93. The molecule has 80 valence electrons. The Morgan fingerprint density at radius 3 is 2.79 bits per heavy atom. The van der Waals surface area contributed by atoms with E-state index in [1.165, 1.54) is 6.26 Å². The molecule has 0 radical (unpaired) electrons. The van der Waals surface area contributed by atoms with Gasteiger partial charge in [-0.3, -0.25) is 4.79 Å². The summed E-state index contributed by atoms with van der Waals surface area (Å²) >= 11 is 0. The quantitative estimate of drug-likeness (QED) is 0.765. The molecule has 3 nitrogen and oxygen atoms in total. The lowest BCUT2D eigenvalue weighted by Crippen LogP contribution is -2.20. The van der Waals surface area contributed by atoms with Gasteiger partial charge < -0.3 is 9.84 Å². The van der Waals surface area contributed by atoms with Crippen LogP contribution in [-0.2, 0) is 9.53 Å². The summed E-state index contributed by atoms with van der Waals surface area (Å²) in [4.78, 5) is 10.4. The van der Waals surface area contributed by atoms with Crippen LogP contribution in [0.15, 0.2) is 11.8 Å². The van der Waals surface area contributed by atoms with Gasteiger partial charge in [0, 0.05) is 0 Å². The Kier molecular flexibility index (Phi) is 3.85. The molecule has 1 atom stereocenters. The van der Waals surface area contributed by atoms with Crippen LogP contribution in [0.3, 0.4) is 0 Å². The molecule has 0 aliphatic carbocycles. The van der Waals surface area contributed by atoms with E-state index in [0.717, 1.165) is 0 Å². The maximum Gasteiger partial charge on any atom is 0.304 e. The van der Waals surface area contributed by atoms with Crippen LogP contribution in [0.5, 0.6) is 0 Å². The van der Waals surface area contributed by atoms with Crippen LogP contribution in [0.2, 0.25) is 0 Å². The number of carbonyl (C=O) groups is 1. The highest BCUT2D eigenvalue weighted by molar-refractivity contribution is 5.67. The number of halogens is 2. The smallest absolute Gasteiger partial charge is 0.304 e. The highest BCUT2D eigenvalue weighted by Gasteiger charge is 2.28. The minimum atomic E-state index is -2.64. The summed E-state index contributed by atoms with van der Waals surface area (Å²) in [5.74, 6) is -2.41. The van der Waals surface area contributed by atoms with Crippen molar-refractivity contribution >= 4 is 5.97 Å². The van der Waals surface area contributed by atoms with E-state index >= 15 is 0 Å². The Morgan fingerprint density at radius 1 is 1.64 bits per heavy atom. The van der Waals surface area contributed by atoms with E-state index in [1.807, 2.05) is 0 Å². The summed E-state index contributed by atoms with van der Waals surface area (Å²) in [5, 5.41) is 8.46. The largest absolute Gasteiger partial charge is 0.501 e. The van der Waals surface area contributed by atoms with Gasteiger partial charge in [0.1, 0.15) is 0 Å². The number of aliphatic carboxylic acids is 1. The molecule has 1 N–H and O–H groups in total. The van der Waals surface area contributed by atoms with Gasteiger partial charge in [-0.25, -0.2) is 8.78 Å². The van der Waals surface area contributed by atoms with E-state index < -0.39 is 24.7 Å². The number of allylic oxidation sites excluding steroid dienone is 1. The van der Waals surface area contributed by atoms with E-state index in [0.29, 0.717) is 25.0 Å². The molecule has 1 heterocycles. The Hall–Kier alpha value is -1.13. The molecule has 1 aliphatic rings. The minimum Gasteiger partial charge on any atom is -0.501 e. The first-order chi connectivity index (χ1) is 6.61. The number of alkyl halides is 2. The molecule has 1 unspecified atom stereocenters. The lowest BCUT2D eigenvalue weighted by molar-refractivity contribution is -0.139. The number of hydrogen-bond acceptors (Lipinski definition) is 2. The Balaban J connectivity index is 2.65. The van der Waals surface area contributed by atoms with Crippen molar-refractivity contribution in [2.45, 2.75) is 25.7 Å². The fourth-order valence-electron chi connectivity index (χ4n) is 1.43. The van der Waals surface area contributed by atoms with Crippen LogP contribution < -0.4 is 0 Å². The lowest BCUT2D eigenvalue weighted by Gasteiger charge is -2.21. The van der Waals surface area contributed by atoms with Gasteiger partial charge in [-0.1, -0.05) is 0 Å². The molecular formula is C9H12F2O3. The first kappa shape index (κ1) is 10.9. The number of carboxylic acids is 1. The van der Waals surface area contributed by atoms with Crippen LogP contribution in [-0.4, -0.2) is 24.1 Å². The fraction of sp³-hybridized carbons (Fsp3) is 0.667. The molecule has 5 heteroatoms. The Morgan fingerprint density at radius 2 is 2.36 bits per heavy atom. The van der Waals surface area contributed by atoms with Crippen LogP contribution in [0, 0.1) is 5.92 Å². The monoisotopic (exact) mass is 206 g/mol. The molecule has 1 aliphatic heterocycles. The average molecular weight is 206 g/mol. The highest BCUT2D eigenvalue weighted by atomic mass is 19.3. The summed E-state index contributed by atoms with van der Waals surface area (Å²) in [5.41, 5.74) is 0.411. The van der Waals surface area contributed by atoms with E-state index in [-0.39, 0.29) is 0 Å². The maximum absolute atomic E-state index is 12.5. The van der Waals surface area contributed by atoms with E-state index in [9.17, 15) is 13.6 Å². The van der Waals surface area contributed by atoms with Crippen molar-refractivity contribution in [3.05, 3.63) is 11.8 Å². The van der Waals surface area contributed by atoms with Gasteiger partial charge in [0.15, 0.2) is 0 Å². The van der Waals surface area contributed by atoms with Crippen molar-refractivity contribution < 1.29 is 23.4 Å². The third-order valence-corrected chi connectivity index (χ3v) is 2.14. The normalized spacial score (nSPS) is 18.6. The molecule has 0 saturated carbocycles. The van der Waals surface area contributed by atoms with Crippen molar-refractivity contribution in [3.8, 4) is 0 Å². The molecule has 14 heavy (non-hydrogen) atoms. The van der Waals surface area contributed by atoms with Crippen molar-refractivity contribution in [3.63, 3.8) is 0 Å². The number of carboxylic acid groups (broad SMARTS) is 1. The summed E-state index contributed by atoms with van der Waals surface area (Å²) in [6.45, 7) is 0.520. The molecule has 0 aromatic rings. The van der Waals surface area contributed by atoms with Gasteiger partial charge in [-0.05, 0) is 18.4 Å². The van der Waals surface area contributed by atoms with Gasteiger partial charge in [0.05, 0.1) is 25.2 Å². The van der Waals surface area contributed by atoms with Gasteiger partial charge in [-0.15, -0.1) is 0 Å². The molecule has 1 rings (SSSR count). The molecule has 0 aromatic heterocycles. The summed E-state index contributed by atoms with van der Waals surface area (Å²) in [6, 6.07) is 0. The summed E-state index contributed by atoms with van der Waals surface area (Å²) in [6.07, 6.45) is -0.716. The Labute approximate surface area is 80.4 Å². The number of hydrogen-bond donors (Lipinski definition) is 1. The zero-order chi connectivity index (χ0) is 10.6. The van der Waals surface area contributed by atoms with Gasteiger partial charge in [0.25, 0.3) is 0 Å². The molecule has 0 spiro atoms. The number of ether oxygens (including phenoxy) is 1. The Bertz CT molecular complexity index is 238. The van der Waals surface area contributed by atoms with E-state index in [1.54, 1.807) is 0 Å². The maximum atomic E-state index is 12.5. The second-order valence-electron chi connectivity index (χ2n) is 3.21. The summed E-state index contributed by atoms with van der Waals surface area (Å²) in [7, 11) is 0. The van der Waals surface area contributed by atoms with E-state index in [2.05, 4.69) is 0 Å². The molecule has 0 bridgehead atoms. The lowest BCUT2D eigenvalue weighted by atomic mass is 9.92. The van der Waals surface area contributed by atoms with Crippen LogP contribution >= 0.6 is 0 Å². The highest BCUT2D eigenvalue weighted by Crippen LogP contribution is 2.28. The molecule has 0 aromatic carbocycles. The van der Waals surface area contributed by atoms with Crippen molar-refractivity contribution in [1.29, 1.82) is 0 Å². The zero-order valence-electron chi connectivity index (χ0n) is 7.58. The predicted octanol–water partition coefficient (Wildman–Crippen LogP) is 2.04.